The lowest BCUT2D eigenvalue weighted by Gasteiger charge is -2.20. The molecule has 116 valence electrons. The van der Waals surface area contributed by atoms with Crippen molar-refractivity contribution in [2.75, 3.05) is 14.2 Å². The number of rotatable bonds is 6. The second-order valence-electron chi connectivity index (χ2n) is 4.44. The summed E-state index contributed by atoms with van der Waals surface area (Å²) in [6.07, 6.45) is 0.0788. The van der Waals surface area contributed by atoms with Gasteiger partial charge in [0, 0.05) is 26.3 Å². The molecule has 1 aliphatic rings. The molecule has 0 fully saturated rings. The number of esters is 1. The summed E-state index contributed by atoms with van der Waals surface area (Å²) < 4.78 is 4.42. The van der Waals surface area contributed by atoms with Crippen LogP contribution >= 0.6 is 0 Å². The summed E-state index contributed by atoms with van der Waals surface area (Å²) in [6.45, 7) is 0. The minimum absolute atomic E-state index is 0.0846. The third-order valence-electron chi connectivity index (χ3n) is 2.94. The van der Waals surface area contributed by atoms with Crippen molar-refractivity contribution in [2.24, 2.45) is 5.10 Å². The van der Waals surface area contributed by atoms with Crippen LogP contribution in [0.3, 0.4) is 0 Å². The van der Waals surface area contributed by atoms with E-state index in [2.05, 4.69) is 15.2 Å². The monoisotopic (exact) mass is 299 g/mol. The third-order valence-corrected chi connectivity index (χ3v) is 2.94. The Morgan fingerprint density at radius 3 is 2.62 bits per heavy atom. The smallest absolute Gasteiger partial charge is 0.326 e. The van der Waals surface area contributed by atoms with Crippen molar-refractivity contribution < 1.29 is 29.0 Å². The Morgan fingerprint density at radius 1 is 1.43 bits per heavy atom. The van der Waals surface area contributed by atoms with Gasteiger partial charge in [-0.05, 0) is 6.42 Å². The van der Waals surface area contributed by atoms with Gasteiger partial charge in [0.15, 0.2) is 0 Å². The summed E-state index contributed by atoms with van der Waals surface area (Å²) >= 11 is 0. The van der Waals surface area contributed by atoms with Crippen molar-refractivity contribution in [3.05, 3.63) is 0 Å². The molecule has 2 amide bonds. The second kappa shape index (κ2) is 7.36. The van der Waals surface area contributed by atoms with E-state index in [1.807, 2.05) is 0 Å². The topological polar surface area (TPSA) is 125 Å². The van der Waals surface area contributed by atoms with Gasteiger partial charge in [-0.1, -0.05) is 0 Å². The number of carboxylic acids is 1. The zero-order chi connectivity index (χ0) is 16.0. The van der Waals surface area contributed by atoms with Crippen LogP contribution in [0, 0.1) is 0 Å². The van der Waals surface area contributed by atoms with Gasteiger partial charge in [0.1, 0.15) is 11.8 Å². The van der Waals surface area contributed by atoms with Crippen molar-refractivity contribution in [2.45, 2.75) is 31.7 Å². The highest BCUT2D eigenvalue weighted by Gasteiger charge is 2.26. The molecule has 1 heterocycles. The number of carbonyl (C=O) groups is 4. The number of hydrogen-bond donors (Lipinski definition) is 2. The van der Waals surface area contributed by atoms with Crippen LogP contribution in [0.25, 0.3) is 0 Å². The van der Waals surface area contributed by atoms with Crippen molar-refractivity contribution in [1.29, 1.82) is 0 Å². The summed E-state index contributed by atoms with van der Waals surface area (Å²) in [7, 11) is 2.61. The van der Waals surface area contributed by atoms with Crippen LogP contribution < -0.4 is 5.32 Å². The molecule has 0 aromatic heterocycles. The van der Waals surface area contributed by atoms with E-state index in [-0.39, 0.29) is 37.3 Å². The van der Waals surface area contributed by atoms with E-state index >= 15 is 0 Å². The molecule has 9 heteroatoms. The van der Waals surface area contributed by atoms with E-state index in [0.29, 0.717) is 0 Å². The maximum absolute atomic E-state index is 11.9. The van der Waals surface area contributed by atoms with Crippen molar-refractivity contribution >= 4 is 29.5 Å². The average Bonchev–Trinajstić information content (AvgIpc) is 2.45. The first-order valence-electron chi connectivity index (χ1n) is 6.29. The fraction of sp³-hybridized carbons (Fsp3) is 0.583. The van der Waals surface area contributed by atoms with E-state index in [0.717, 1.165) is 5.01 Å². The molecule has 9 nitrogen and oxygen atoms in total. The molecule has 21 heavy (non-hydrogen) atoms. The first kappa shape index (κ1) is 16.6. The number of amides is 2. The number of carbonyl (C=O) groups excluding carboxylic acids is 3. The number of hydrazone groups is 1. The van der Waals surface area contributed by atoms with Gasteiger partial charge >= 0.3 is 11.9 Å². The van der Waals surface area contributed by atoms with Gasteiger partial charge in [0.25, 0.3) is 5.91 Å². The fourth-order valence-electron chi connectivity index (χ4n) is 1.70. The van der Waals surface area contributed by atoms with Gasteiger partial charge in [-0.25, -0.2) is 9.80 Å². The molecule has 0 aliphatic carbocycles. The number of methoxy groups -OCH3 is 1. The highest BCUT2D eigenvalue weighted by molar-refractivity contribution is 6.39. The predicted octanol–water partition coefficient (Wildman–Crippen LogP) is -0.883. The van der Waals surface area contributed by atoms with Crippen LogP contribution in [0.5, 0.6) is 0 Å². The van der Waals surface area contributed by atoms with Gasteiger partial charge in [0.05, 0.1) is 7.11 Å². The number of hydrogen-bond acceptors (Lipinski definition) is 6. The zero-order valence-corrected chi connectivity index (χ0v) is 11.8. The summed E-state index contributed by atoms with van der Waals surface area (Å²) in [5, 5.41) is 16.2. The van der Waals surface area contributed by atoms with Crippen LogP contribution in [0.4, 0.5) is 0 Å². The molecular formula is C12H17N3O6. The Balaban J connectivity index is 2.64. The van der Waals surface area contributed by atoms with E-state index in [4.69, 9.17) is 5.11 Å². The molecule has 1 rings (SSSR count). The lowest BCUT2D eigenvalue weighted by Crippen LogP contribution is -2.46. The number of aliphatic carboxylic acids is 1. The number of ether oxygens (including phenoxy) is 1. The molecule has 1 aliphatic heterocycles. The van der Waals surface area contributed by atoms with Crippen molar-refractivity contribution in [1.82, 2.24) is 10.3 Å². The normalized spacial score (nSPS) is 16.0. The van der Waals surface area contributed by atoms with E-state index in [1.54, 1.807) is 0 Å². The summed E-state index contributed by atoms with van der Waals surface area (Å²) in [6, 6.07) is -1.22. The highest BCUT2D eigenvalue weighted by atomic mass is 16.5. The highest BCUT2D eigenvalue weighted by Crippen LogP contribution is 2.08. The van der Waals surface area contributed by atoms with Gasteiger partial charge in [-0.2, -0.15) is 5.10 Å². The largest absolute Gasteiger partial charge is 0.480 e. The Hall–Kier alpha value is -2.45. The summed E-state index contributed by atoms with van der Waals surface area (Å²) in [4.78, 5) is 45.2. The van der Waals surface area contributed by atoms with Crippen LogP contribution in [-0.4, -0.2) is 59.8 Å². The molecule has 0 radical (unpaired) electrons. The first-order valence-corrected chi connectivity index (χ1v) is 6.29. The molecular weight excluding hydrogens is 282 g/mol. The summed E-state index contributed by atoms with van der Waals surface area (Å²) in [5.41, 5.74) is 0.0846. The minimum atomic E-state index is -1.26. The standard InChI is InChI=1S/C12H17N3O6/c1-15-9(16)5-3-7(14-15)11(18)13-8(12(19)20)4-6-10(17)21-2/h8H,3-6H2,1-2H3,(H,13,18)(H,19,20). The van der Waals surface area contributed by atoms with Gasteiger partial charge in [-0.3, -0.25) is 14.4 Å². The molecule has 0 aromatic rings. The minimum Gasteiger partial charge on any atom is -0.480 e. The molecule has 1 atom stereocenters. The Kier molecular flexibility index (Phi) is 5.82. The third kappa shape index (κ3) is 4.86. The van der Waals surface area contributed by atoms with Crippen LogP contribution in [0.2, 0.25) is 0 Å². The molecule has 0 aromatic carbocycles. The fourth-order valence-corrected chi connectivity index (χ4v) is 1.70. The average molecular weight is 299 g/mol. The Labute approximate surface area is 120 Å². The Bertz CT molecular complexity index is 487. The molecule has 0 bridgehead atoms. The van der Waals surface area contributed by atoms with Crippen LogP contribution in [-0.2, 0) is 23.9 Å². The molecule has 1 unspecified atom stereocenters. The molecule has 2 N–H and O–H groups in total. The van der Waals surface area contributed by atoms with E-state index in [9.17, 15) is 19.2 Å². The maximum Gasteiger partial charge on any atom is 0.326 e. The zero-order valence-electron chi connectivity index (χ0n) is 11.8. The van der Waals surface area contributed by atoms with Gasteiger partial charge in [-0.15, -0.1) is 0 Å². The molecule has 0 saturated carbocycles. The SMILES string of the molecule is COC(=O)CCC(NC(=O)C1=NN(C)C(=O)CC1)C(=O)O. The number of carboxylic acid groups (broad SMARTS) is 1. The lowest BCUT2D eigenvalue weighted by molar-refractivity contribution is -0.143. The maximum atomic E-state index is 11.9. The first-order chi connectivity index (χ1) is 9.85. The van der Waals surface area contributed by atoms with Crippen molar-refractivity contribution in [3.8, 4) is 0 Å². The molecule has 0 spiro atoms. The lowest BCUT2D eigenvalue weighted by atomic mass is 10.1. The summed E-state index contributed by atoms with van der Waals surface area (Å²) in [5.74, 6) is -2.69. The van der Waals surface area contributed by atoms with Gasteiger partial charge < -0.3 is 15.2 Å². The van der Waals surface area contributed by atoms with Crippen LogP contribution in [0.1, 0.15) is 25.7 Å². The number of nitrogens with one attached hydrogen (secondary N) is 1. The quantitative estimate of drug-likeness (QED) is 0.613. The molecule has 0 saturated heterocycles. The Morgan fingerprint density at radius 2 is 2.10 bits per heavy atom. The van der Waals surface area contributed by atoms with E-state index < -0.39 is 23.9 Å². The van der Waals surface area contributed by atoms with Gasteiger partial charge in [0.2, 0.25) is 5.91 Å². The van der Waals surface area contributed by atoms with Crippen LogP contribution in [0.15, 0.2) is 5.10 Å². The second-order valence-corrected chi connectivity index (χ2v) is 4.44. The van der Waals surface area contributed by atoms with Crippen molar-refractivity contribution in [3.63, 3.8) is 0 Å². The van der Waals surface area contributed by atoms with E-state index in [1.165, 1.54) is 14.2 Å². The predicted molar refractivity (Wildman–Crippen MR) is 70.3 cm³/mol. The number of nitrogens with zero attached hydrogens (tertiary/aromatic N) is 2.